The fraction of sp³-hybridized carbons (Fsp3) is 0.643. The normalized spacial score (nSPS) is 22.4. The van der Waals surface area contributed by atoms with E-state index in [1.807, 2.05) is 0 Å². The van der Waals surface area contributed by atoms with Crippen molar-refractivity contribution in [3.63, 3.8) is 0 Å². The van der Waals surface area contributed by atoms with Crippen LogP contribution in [0.5, 0.6) is 0 Å². The van der Waals surface area contributed by atoms with Gasteiger partial charge >= 0.3 is 0 Å². The van der Waals surface area contributed by atoms with Crippen molar-refractivity contribution in [2.45, 2.75) is 31.8 Å². The van der Waals surface area contributed by atoms with Crippen LogP contribution in [-0.2, 0) is 14.3 Å². The van der Waals surface area contributed by atoms with Crippen LogP contribution in [0.1, 0.15) is 25.7 Å². The van der Waals surface area contributed by atoms with Gasteiger partial charge in [0.1, 0.15) is 0 Å². The van der Waals surface area contributed by atoms with Gasteiger partial charge in [0, 0.05) is 25.4 Å². The molecule has 0 unspecified atom stereocenters. The van der Waals surface area contributed by atoms with Crippen LogP contribution in [0.3, 0.4) is 0 Å². The molecule has 0 bridgehead atoms. The zero-order chi connectivity index (χ0) is 14.2. The maximum Gasteiger partial charge on any atom is 0.228 e. The van der Waals surface area contributed by atoms with Crippen LogP contribution in [0.25, 0.3) is 0 Å². The second-order valence-corrected chi connectivity index (χ2v) is 4.92. The number of hydrogen-bond acceptors (Lipinski definition) is 5. The molecule has 1 fully saturated rings. The van der Waals surface area contributed by atoms with Gasteiger partial charge in [-0.05, 0) is 25.7 Å². The molecule has 1 N–H and O–H groups in total. The molecule has 0 aromatic carbocycles. The first kappa shape index (κ1) is 14.9. The summed E-state index contributed by atoms with van der Waals surface area (Å²) in [6, 6.07) is 0. The van der Waals surface area contributed by atoms with E-state index in [1.54, 1.807) is 25.7 Å². The maximum atomic E-state index is 12.1. The third kappa shape index (κ3) is 4.54. The average molecular weight is 279 g/mol. The largest absolute Gasteiger partial charge is 0.382 e. The number of amides is 1. The smallest absolute Gasteiger partial charge is 0.228 e. The van der Waals surface area contributed by atoms with Crippen molar-refractivity contribution in [3.8, 4) is 0 Å². The van der Waals surface area contributed by atoms with Gasteiger partial charge < -0.3 is 14.8 Å². The quantitative estimate of drug-likeness (QED) is 0.801. The Balaban J connectivity index is 1.72. The Labute approximate surface area is 118 Å². The summed E-state index contributed by atoms with van der Waals surface area (Å²) in [5.74, 6) is 0.580. The van der Waals surface area contributed by atoms with Crippen LogP contribution in [0, 0.1) is 5.92 Å². The zero-order valence-corrected chi connectivity index (χ0v) is 11.7. The Morgan fingerprint density at radius 3 is 2.75 bits per heavy atom. The molecule has 1 saturated carbocycles. The Morgan fingerprint density at radius 1 is 1.30 bits per heavy atom. The highest BCUT2D eigenvalue weighted by Gasteiger charge is 2.26. The molecule has 6 nitrogen and oxygen atoms in total. The van der Waals surface area contributed by atoms with E-state index in [-0.39, 0.29) is 17.9 Å². The second kappa shape index (κ2) is 7.91. The first-order valence-corrected chi connectivity index (χ1v) is 6.97. The van der Waals surface area contributed by atoms with E-state index in [4.69, 9.17) is 9.47 Å². The molecule has 0 saturated heterocycles. The van der Waals surface area contributed by atoms with Gasteiger partial charge in [-0.1, -0.05) is 0 Å². The van der Waals surface area contributed by atoms with E-state index in [2.05, 4.69) is 15.3 Å². The van der Waals surface area contributed by atoms with Crippen LogP contribution < -0.4 is 5.32 Å². The predicted octanol–water partition coefficient (Wildman–Crippen LogP) is 1.64. The molecular weight excluding hydrogens is 258 g/mol. The zero-order valence-electron chi connectivity index (χ0n) is 11.7. The molecule has 1 amide bonds. The predicted molar refractivity (Wildman–Crippen MR) is 74.2 cm³/mol. The van der Waals surface area contributed by atoms with Crippen molar-refractivity contribution in [3.05, 3.63) is 18.6 Å². The number of anilines is 1. The molecule has 1 aliphatic carbocycles. The highest BCUT2D eigenvalue weighted by Crippen LogP contribution is 2.27. The van der Waals surface area contributed by atoms with Crippen molar-refractivity contribution in [2.24, 2.45) is 5.92 Å². The Hall–Kier alpha value is -1.53. The SMILES string of the molecule is COCCOC1CCC(C(=O)Nc2cnccn2)CC1. The van der Waals surface area contributed by atoms with Gasteiger partial charge in [0.2, 0.25) is 5.91 Å². The van der Waals surface area contributed by atoms with E-state index in [0.29, 0.717) is 19.0 Å². The number of aromatic nitrogens is 2. The van der Waals surface area contributed by atoms with Gasteiger partial charge in [-0.2, -0.15) is 0 Å². The molecule has 1 heterocycles. The van der Waals surface area contributed by atoms with Crippen LogP contribution in [0.15, 0.2) is 18.6 Å². The lowest BCUT2D eigenvalue weighted by molar-refractivity contribution is -0.121. The van der Waals surface area contributed by atoms with Crippen molar-refractivity contribution in [2.75, 3.05) is 25.6 Å². The summed E-state index contributed by atoms with van der Waals surface area (Å²) in [4.78, 5) is 20.1. The Kier molecular flexibility index (Phi) is 5.88. The first-order valence-electron chi connectivity index (χ1n) is 6.97. The van der Waals surface area contributed by atoms with E-state index in [9.17, 15) is 4.79 Å². The summed E-state index contributed by atoms with van der Waals surface area (Å²) in [7, 11) is 1.66. The highest BCUT2D eigenvalue weighted by atomic mass is 16.5. The van der Waals surface area contributed by atoms with Crippen molar-refractivity contribution in [1.29, 1.82) is 0 Å². The minimum absolute atomic E-state index is 0.0286. The van der Waals surface area contributed by atoms with Gasteiger partial charge in [0.25, 0.3) is 0 Å². The van der Waals surface area contributed by atoms with E-state index < -0.39 is 0 Å². The van der Waals surface area contributed by atoms with Gasteiger partial charge in [0.15, 0.2) is 5.82 Å². The molecule has 110 valence electrons. The summed E-state index contributed by atoms with van der Waals surface area (Å²) < 4.78 is 10.6. The number of methoxy groups -OCH3 is 1. The molecule has 0 spiro atoms. The summed E-state index contributed by atoms with van der Waals surface area (Å²) in [5, 5.41) is 2.81. The Bertz CT molecular complexity index is 405. The minimum atomic E-state index is 0.0286. The topological polar surface area (TPSA) is 73.3 Å². The lowest BCUT2D eigenvalue weighted by Gasteiger charge is -2.27. The molecule has 20 heavy (non-hydrogen) atoms. The second-order valence-electron chi connectivity index (χ2n) is 4.92. The van der Waals surface area contributed by atoms with E-state index in [1.165, 1.54) is 0 Å². The number of nitrogens with zero attached hydrogens (tertiary/aromatic N) is 2. The molecule has 0 aliphatic heterocycles. The molecule has 0 radical (unpaired) electrons. The number of rotatable bonds is 6. The molecular formula is C14H21N3O3. The van der Waals surface area contributed by atoms with Gasteiger partial charge in [-0.15, -0.1) is 0 Å². The fourth-order valence-electron chi connectivity index (χ4n) is 2.38. The first-order chi connectivity index (χ1) is 9.79. The molecule has 1 aromatic rings. The van der Waals surface area contributed by atoms with Crippen LogP contribution in [0.4, 0.5) is 5.82 Å². The molecule has 1 aliphatic rings. The molecule has 1 aromatic heterocycles. The summed E-state index contributed by atoms with van der Waals surface area (Å²) in [6.45, 7) is 1.24. The highest BCUT2D eigenvalue weighted by molar-refractivity contribution is 5.91. The standard InChI is InChI=1S/C14H21N3O3/c1-19-8-9-20-12-4-2-11(3-5-12)14(18)17-13-10-15-6-7-16-13/h6-7,10-12H,2-5,8-9H2,1H3,(H,16,17,18). The number of hydrogen-bond donors (Lipinski definition) is 1. The van der Waals surface area contributed by atoms with Gasteiger partial charge in [-0.25, -0.2) is 4.98 Å². The van der Waals surface area contributed by atoms with E-state index in [0.717, 1.165) is 25.7 Å². The van der Waals surface area contributed by atoms with Crippen LogP contribution in [0.2, 0.25) is 0 Å². The average Bonchev–Trinajstić information content (AvgIpc) is 2.49. The third-order valence-electron chi connectivity index (χ3n) is 3.50. The van der Waals surface area contributed by atoms with Crippen molar-refractivity contribution < 1.29 is 14.3 Å². The summed E-state index contributed by atoms with van der Waals surface area (Å²) in [5.41, 5.74) is 0. The number of carbonyl (C=O) groups excluding carboxylic acids is 1. The van der Waals surface area contributed by atoms with Crippen LogP contribution in [-0.4, -0.2) is 42.3 Å². The van der Waals surface area contributed by atoms with Crippen molar-refractivity contribution >= 4 is 11.7 Å². The minimum Gasteiger partial charge on any atom is -0.382 e. The Morgan fingerprint density at radius 2 is 2.10 bits per heavy atom. The van der Waals surface area contributed by atoms with E-state index >= 15 is 0 Å². The molecule has 2 rings (SSSR count). The molecule has 0 atom stereocenters. The van der Waals surface area contributed by atoms with Crippen molar-refractivity contribution in [1.82, 2.24) is 9.97 Å². The monoisotopic (exact) mass is 279 g/mol. The maximum absolute atomic E-state index is 12.1. The summed E-state index contributed by atoms with van der Waals surface area (Å²) in [6.07, 6.45) is 8.50. The number of carbonyl (C=O) groups is 1. The van der Waals surface area contributed by atoms with Crippen LogP contribution >= 0.6 is 0 Å². The molecule has 6 heteroatoms. The van der Waals surface area contributed by atoms with Gasteiger partial charge in [-0.3, -0.25) is 9.78 Å². The number of nitrogens with one attached hydrogen (secondary N) is 1. The number of ether oxygens (including phenoxy) is 2. The fourth-order valence-corrected chi connectivity index (χ4v) is 2.38. The lowest BCUT2D eigenvalue weighted by Crippen LogP contribution is -2.30. The summed E-state index contributed by atoms with van der Waals surface area (Å²) >= 11 is 0. The third-order valence-corrected chi connectivity index (χ3v) is 3.50. The lowest BCUT2D eigenvalue weighted by atomic mass is 9.87. The van der Waals surface area contributed by atoms with Gasteiger partial charge in [0.05, 0.1) is 25.5 Å².